The predicted octanol–water partition coefficient (Wildman–Crippen LogP) is 2.92. The summed E-state index contributed by atoms with van der Waals surface area (Å²) < 4.78 is 13.5. The number of rotatable bonds is 0. The van der Waals surface area contributed by atoms with Crippen molar-refractivity contribution in [3.05, 3.63) is 33.5 Å². The van der Waals surface area contributed by atoms with E-state index in [1.807, 2.05) is 0 Å². The number of Topliss-reactive ketones (excluding diaryl/α,β-unsaturated/α-hetero) is 2. The fourth-order valence-corrected chi connectivity index (χ4v) is 2.21. The molecule has 1 aromatic rings. The summed E-state index contributed by atoms with van der Waals surface area (Å²) in [5.41, 5.74) is 0.964. The highest BCUT2D eigenvalue weighted by molar-refractivity contribution is 9.10. The molecule has 1 atom stereocenters. The smallest absolute Gasteiger partial charge is 0.229 e. The largest absolute Gasteiger partial charge is 0.290 e. The molecule has 16 heavy (non-hydrogen) atoms. The average molecular weight is 285 g/mol. The van der Waals surface area contributed by atoms with Crippen LogP contribution in [-0.4, -0.2) is 11.6 Å². The van der Waals surface area contributed by atoms with Gasteiger partial charge in [-0.25, -0.2) is 4.39 Å². The monoisotopic (exact) mass is 284 g/mol. The number of aryl methyl sites for hydroxylation is 1. The van der Waals surface area contributed by atoms with E-state index in [0.717, 1.165) is 0 Å². The van der Waals surface area contributed by atoms with Gasteiger partial charge in [-0.3, -0.25) is 9.59 Å². The Bertz CT molecular complexity index is 482. The maximum Gasteiger partial charge on any atom is 0.229 e. The zero-order valence-electron chi connectivity index (χ0n) is 8.72. The summed E-state index contributed by atoms with van der Waals surface area (Å²) in [4.78, 5) is 23.5. The van der Waals surface area contributed by atoms with Gasteiger partial charge in [0.1, 0.15) is 5.82 Å². The van der Waals surface area contributed by atoms with Crippen LogP contribution < -0.4 is 0 Å². The van der Waals surface area contributed by atoms with E-state index in [1.54, 1.807) is 6.92 Å². The van der Waals surface area contributed by atoms with Crippen molar-refractivity contribution in [2.24, 2.45) is 5.92 Å². The molecule has 0 radical (unpaired) electrons. The summed E-state index contributed by atoms with van der Waals surface area (Å²) in [5, 5.41) is 0. The van der Waals surface area contributed by atoms with Crippen molar-refractivity contribution < 1.29 is 14.0 Å². The molecule has 0 aliphatic heterocycles. The van der Waals surface area contributed by atoms with Crippen LogP contribution in [0.3, 0.4) is 0 Å². The fraction of sp³-hybridized carbons (Fsp3) is 0.333. The molecule has 1 unspecified atom stereocenters. The summed E-state index contributed by atoms with van der Waals surface area (Å²) in [7, 11) is 0. The Morgan fingerprint density at radius 3 is 2.75 bits per heavy atom. The lowest BCUT2D eigenvalue weighted by Gasteiger charge is -2.04. The van der Waals surface area contributed by atoms with Gasteiger partial charge in [-0.05, 0) is 46.5 Å². The third-order valence-electron chi connectivity index (χ3n) is 2.91. The molecule has 2 nitrogen and oxygen atoms in total. The molecule has 0 aromatic heterocycles. The highest BCUT2D eigenvalue weighted by Gasteiger charge is 2.29. The van der Waals surface area contributed by atoms with Crippen molar-refractivity contribution >= 4 is 27.5 Å². The van der Waals surface area contributed by atoms with Gasteiger partial charge in [-0.15, -0.1) is 0 Å². The predicted molar refractivity (Wildman–Crippen MR) is 60.9 cm³/mol. The van der Waals surface area contributed by atoms with Crippen molar-refractivity contribution in [2.75, 3.05) is 0 Å². The number of fused-ring (bicyclic) bond motifs is 1. The molecule has 1 aromatic carbocycles. The summed E-state index contributed by atoms with van der Waals surface area (Å²) in [6.07, 6.45) is 1.16. The maximum atomic E-state index is 13.3. The van der Waals surface area contributed by atoms with E-state index in [1.165, 1.54) is 12.1 Å². The molecule has 1 aliphatic rings. The van der Waals surface area contributed by atoms with Gasteiger partial charge in [0.2, 0.25) is 11.6 Å². The van der Waals surface area contributed by atoms with Crippen molar-refractivity contribution in [2.45, 2.75) is 19.8 Å². The van der Waals surface area contributed by atoms with E-state index in [2.05, 4.69) is 15.9 Å². The van der Waals surface area contributed by atoms with Crippen LogP contribution in [0.25, 0.3) is 0 Å². The number of ketones is 2. The van der Waals surface area contributed by atoms with Crippen LogP contribution in [0.15, 0.2) is 16.6 Å². The molecule has 0 N–H and O–H groups in total. The minimum Gasteiger partial charge on any atom is -0.290 e. The molecule has 1 aliphatic carbocycles. The Labute approximate surface area is 101 Å². The summed E-state index contributed by atoms with van der Waals surface area (Å²) in [6, 6.07) is 2.74. The summed E-state index contributed by atoms with van der Waals surface area (Å²) in [5.74, 6) is -1.55. The molecule has 2 rings (SSSR count). The van der Waals surface area contributed by atoms with Gasteiger partial charge in [-0.2, -0.15) is 0 Å². The fourth-order valence-electron chi connectivity index (χ4n) is 1.87. The number of carbonyl (C=O) groups excluding carboxylic acids is 2. The highest BCUT2D eigenvalue weighted by atomic mass is 79.9. The topological polar surface area (TPSA) is 34.1 Å². The third-order valence-corrected chi connectivity index (χ3v) is 3.52. The van der Waals surface area contributed by atoms with Gasteiger partial charge in [0.05, 0.1) is 4.47 Å². The number of hydrogen-bond donors (Lipinski definition) is 0. The standard InChI is InChI=1S/C12H10BrFO2/c1-6-2-3-7-4-10(14)9(13)5-8(7)12(16)11(6)15/h4-6H,2-3H2,1H3. The summed E-state index contributed by atoms with van der Waals surface area (Å²) >= 11 is 3.02. The van der Waals surface area contributed by atoms with Crippen LogP contribution in [-0.2, 0) is 11.2 Å². The first-order valence-electron chi connectivity index (χ1n) is 5.07. The molecule has 0 heterocycles. The molecule has 0 saturated carbocycles. The zero-order chi connectivity index (χ0) is 11.9. The average Bonchev–Trinajstić information content (AvgIpc) is 2.35. The van der Waals surface area contributed by atoms with Gasteiger partial charge in [0.15, 0.2) is 0 Å². The lowest BCUT2D eigenvalue weighted by molar-refractivity contribution is -0.118. The van der Waals surface area contributed by atoms with E-state index in [-0.39, 0.29) is 16.2 Å². The van der Waals surface area contributed by atoms with Crippen LogP contribution >= 0.6 is 15.9 Å². The van der Waals surface area contributed by atoms with Gasteiger partial charge in [-0.1, -0.05) is 6.92 Å². The Balaban J connectivity index is 2.57. The third kappa shape index (κ3) is 1.82. The maximum absolute atomic E-state index is 13.3. The first-order chi connectivity index (χ1) is 7.50. The molecule has 84 valence electrons. The second kappa shape index (κ2) is 4.09. The molecule has 0 fully saturated rings. The molecule has 0 spiro atoms. The van der Waals surface area contributed by atoms with E-state index >= 15 is 0 Å². The SMILES string of the molecule is CC1CCc2cc(F)c(Br)cc2C(=O)C1=O. The van der Waals surface area contributed by atoms with E-state index in [0.29, 0.717) is 24.0 Å². The van der Waals surface area contributed by atoms with Crippen LogP contribution in [0, 0.1) is 11.7 Å². The number of halogens is 2. The normalized spacial score (nSPS) is 20.6. The van der Waals surface area contributed by atoms with Crippen LogP contribution in [0.1, 0.15) is 29.3 Å². The molecule has 4 heteroatoms. The number of benzene rings is 1. The van der Waals surface area contributed by atoms with Crippen LogP contribution in [0.4, 0.5) is 4.39 Å². The molecule has 0 bridgehead atoms. The van der Waals surface area contributed by atoms with Gasteiger partial charge in [0, 0.05) is 11.5 Å². The number of carbonyl (C=O) groups is 2. The van der Waals surface area contributed by atoms with Crippen molar-refractivity contribution in [1.82, 2.24) is 0 Å². The minimum atomic E-state index is -0.499. The second-order valence-electron chi connectivity index (χ2n) is 4.06. The van der Waals surface area contributed by atoms with Gasteiger partial charge >= 0.3 is 0 Å². The molecule has 0 saturated heterocycles. The van der Waals surface area contributed by atoms with Crippen LogP contribution in [0.2, 0.25) is 0 Å². The zero-order valence-corrected chi connectivity index (χ0v) is 10.3. The van der Waals surface area contributed by atoms with Gasteiger partial charge < -0.3 is 0 Å². The number of hydrogen-bond acceptors (Lipinski definition) is 2. The van der Waals surface area contributed by atoms with Crippen molar-refractivity contribution in [3.8, 4) is 0 Å². The Kier molecular flexibility index (Phi) is 2.93. The minimum absolute atomic E-state index is 0.224. The van der Waals surface area contributed by atoms with Crippen molar-refractivity contribution in [1.29, 1.82) is 0 Å². The lowest BCUT2D eigenvalue weighted by atomic mass is 10.00. The molecular formula is C12H10BrFO2. The first-order valence-corrected chi connectivity index (χ1v) is 5.86. The molecule has 0 amide bonds. The van der Waals surface area contributed by atoms with Crippen molar-refractivity contribution in [3.63, 3.8) is 0 Å². The van der Waals surface area contributed by atoms with E-state index in [4.69, 9.17) is 0 Å². The Hall–Kier alpha value is -1.03. The lowest BCUT2D eigenvalue weighted by Crippen LogP contribution is -2.19. The van der Waals surface area contributed by atoms with E-state index in [9.17, 15) is 14.0 Å². The highest BCUT2D eigenvalue weighted by Crippen LogP contribution is 2.27. The van der Waals surface area contributed by atoms with Gasteiger partial charge in [0.25, 0.3) is 0 Å². The van der Waals surface area contributed by atoms with Crippen LogP contribution in [0.5, 0.6) is 0 Å². The molecular weight excluding hydrogens is 275 g/mol. The summed E-state index contributed by atoms with van der Waals surface area (Å²) in [6.45, 7) is 1.73. The Morgan fingerprint density at radius 1 is 1.38 bits per heavy atom. The van der Waals surface area contributed by atoms with E-state index < -0.39 is 11.6 Å². The first kappa shape index (κ1) is 11.5. The quantitative estimate of drug-likeness (QED) is 0.542. The second-order valence-corrected chi connectivity index (χ2v) is 4.91. The Morgan fingerprint density at radius 2 is 2.06 bits per heavy atom.